The zero-order chi connectivity index (χ0) is 8.55. The summed E-state index contributed by atoms with van der Waals surface area (Å²) in [4.78, 5) is 4.02. The fraction of sp³-hybridized carbons (Fsp3) is 0.875. The van der Waals surface area contributed by atoms with Crippen LogP contribution in [0.25, 0.3) is 0 Å². The van der Waals surface area contributed by atoms with E-state index in [0.29, 0.717) is 18.1 Å². The van der Waals surface area contributed by atoms with Crippen LogP contribution in [-0.2, 0) is 4.74 Å². The summed E-state index contributed by atoms with van der Waals surface area (Å²) in [6.45, 7) is 0.740. The third-order valence-corrected chi connectivity index (χ3v) is 2.74. The average Bonchev–Trinajstić information content (AvgIpc) is 2.60. The number of rotatable bonds is 2. The zero-order valence-corrected chi connectivity index (χ0v) is 9.81. The molecule has 2 fully saturated rings. The predicted molar refractivity (Wildman–Crippen MR) is 62.1 cm³/mol. The Kier molecular flexibility index (Phi) is 3.78. The molecule has 4 nitrogen and oxygen atoms in total. The van der Waals surface area contributed by atoms with Gasteiger partial charge in [0.1, 0.15) is 0 Å². The van der Waals surface area contributed by atoms with Gasteiger partial charge in [0.25, 0.3) is 0 Å². The normalized spacial score (nSPS) is 35.5. The Labute approximate surface area is 95.1 Å². The predicted octanol–water partition coefficient (Wildman–Crippen LogP) is 0.445. The molecule has 2 heterocycles. The Hall–Kier alpha value is -0.0400. The second-order valence-electron chi connectivity index (χ2n) is 3.64. The largest absolute Gasteiger partial charge is 0.375 e. The summed E-state index contributed by atoms with van der Waals surface area (Å²) in [5, 5.41) is 0. The smallest absolute Gasteiger partial charge is 0.185 e. The van der Waals surface area contributed by atoms with Gasteiger partial charge in [0.15, 0.2) is 5.96 Å². The van der Waals surface area contributed by atoms with Crippen molar-refractivity contribution in [3.8, 4) is 0 Å². The first-order valence-corrected chi connectivity index (χ1v) is 4.46. The fourth-order valence-electron chi connectivity index (χ4n) is 2.16. The third kappa shape index (κ3) is 2.46. The summed E-state index contributed by atoms with van der Waals surface area (Å²) in [5.41, 5.74) is 10.5. The Balaban J connectivity index is 0.000000845. The van der Waals surface area contributed by atoms with Crippen LogP contribution in [0.5, 0.6) is 0 Å². The first-order chi connectivity index (χ1) is 5.75. The van der Waals surface area contributed by atoms with E-state index in [1.165, 1.54) is 12.8 Å². The molecule has 0 radical (unpaired) electrons. The number of guanidine groups is 1. The minimum atomic E-state index is 0. The molecular weight excluding hydrogens is 281 g/mol. The van der Waals surface area contributed by atoms with Crippen LogP contribution in [0.4, 0.5) is 0 Å². The monoisotopic (exact) mass is 297 g/mol. The first-order valence-electron chi connectivity index (χ1n) is 4.46. The van der Waals surface area contributed by atoms with Crippen LogP contribution >= 0.6 is 24.0 Å². The molecule has 0 saturated carbocycles. The van der Waals surface area contributed by atoms with E-state index < -0.39 is 0 Å². The second-order valence-corrected chi connectivity index (χ2v) is 3.64. The van der Waals surface area contributed by atoms with Gasteiger partial charge < -0.3 is 16.2 Å². The van der Waals surface area contributed by atoms with E-state index in [1.807, 2.05) is 0 Å². The van der Waals surface area contributed by atoms with Crippen molar-refractivity contribution in [1.29, 1.82) is 0 Å². The van der Waals surface area contributed by atoms with E-state index in [2.05, 4.69) is 4.99 Å². The summed E-state index contributed by atoms with van der Waals surface area (Å²) < 4.78 is 5.67. The van der Waals surface area contributed by atoms with Crippen molar-refractivity contribution in [2.24, 2.45) is 22.4 Å². The van der Waals surface area contributed by atoms with Gasteiger partial charge in [-0.1, -0.05) is 0 Å². The summed E-state index contributed by atoms with van der Waals surface area (Å²) in [6, 6.07) is 0. The molecule has 0 spiro atoms. The molecule has 2 rings (SSSR count). The number of hydrogen-bond acceptors (Lipinski definition) is 2. The van der Waals surface area contributed by atoms with Gasteiger partial charge >= 0.3 is 0 Å². The SMILES string of the molecule is I.NC(N)=NC[C@H]1C[C@H]2CC[C@@H]1O2. The van der Waals surface area contributed by atoms with Crippen molar-refractivity contribution >= 4 is 29.9 Å². The number of hydrogen-bond donors (Lipinski definition) is 2. The lowest BCUT2D eigenvalue weighted by atomic mass is 9.89. The van der Waals surface area contributed by atoms with E-state index in [-0.39, 0.29) is 29.9 Å². The molecule has 0 aromatic heterocycles. The van der Waals surface area contributed by atoms with Gasteiger partial charge in [0.05, 0.1) is 12.2 Å². The number of fused-ring (bicyclic) bond motifs is 2. The third-order valence-electron chi connectivity index (χ3n) is 2.74. The minimum Gasteiger partial charge on any atom is -0.375 e. The van der Waals surface area contributed by atoms with Crippen LogP contribution in [0.15, 0.2) is 4.99 Å². The highest BCUT2D eigenvalue weighted by Crippen LogP contribution is 2.38. The Morgan fingerprint density at radius 2 is 2.15 bits per heavy atom. The summed E-state index contributed by atoms with van der Waals surface area (Å²) >= 11 is 0. The molecule has 0 aliphatic carbocycles. The number of nitrogens with zero attached hydrogens (tertiary/aromatic N) is 1. The maximum absolute atomic E-state index is 5.67. The van der Waals surface area contributed by atoms with E-state index in [1.54, 1.807) is 0 Å². The number of ether oxygens (including phenoxy) is 1. The van der Waals surface area contributed by atoms with Gasteiger partial charge in [-0.05, 0) is 19.3 Å². The molecule has 5 heteroatoms. The van der Waals surface area contributed by atoms with Crippen LogP contribution in [0.1, 0.15) is 19.3 Å². The molecule has 2 saturated heterocycles. The van der Waals surface area contributed by atoms with Crippen molar-refractivity contribution in [3.63, 3.8) is 0 Å². The molecular formula is C8H16IN3O. The molecule has 3 atom stereocenters. The Morgan fingerprint density at radius 3 is 2.62 bits per heavy atom. The molecule has 2 aliphatic rings. The summed E-state index contributed by atoms with van der Waals surface area (Å²) in [6.07, 6.45) is 4.48. The van der Waals surface area contributed by atoms with Crippen LogP contribution < -0.4 is 11.5 Å². The van der Waals surface area contributed by atoms with Crippen LogP contribution in [0.2, 0.25) is 0 Å². The quantitative estimate of drug-likeness (QED) is 0.441. The lowest BCUT2D eigenvalue weighted by Crippen LogP contribution is -2.26. The Morgan fingerprint density at radius 1 is 1.38 bits per heavy atom. The maximum atomic E-state index is 5.67. The van der Waals surface area contributed by atoms with Gasteiger partial charge in [-0.3, -0.25) is 4.99 Å². The zero-order valence-electron chi connectivity index (χ0n) is 7.48. The van der Waals surface area contributed by atoms with Crippen molar-refractivity contribution in [1.82, 2.24) is 0 Å². The van der Waals surface area contributed by atoms with Crippen molar-refractivity contribution in [2.75, 3.05) is 6.54 Å². The fourth-order valence-corrected chi connectivity index (χ4v) is 2.16. The molecule has 2 aliphatic heterocycles. The number of nitrogens with two attached hydrogens (primary N) is 2. The lowest BCUT2D eigenvalue weighted by molar-refractivity contribution is 0.0937. The molecule has 0 aromatic rings. The first kappa shape index (κ1) is 11.0. The van der Waals surface area contributed by atoms with Gasteiger partial charge in [0, 0.05) is 12.5 Å². The Bertz CT molecular complexity index is 206. The van der Waals surface area contributed by atoms with E-state index >= 15 is 0 Å². The topological polar surface area (TPSA) is 73.6 Å². The highest BCUT2D eigenvalue weighted by atomic mass is 127. The highest BCUT2D eigenvalue weighted by Gasteiger charge is 2.40. The number of aliphatic imine (C=N–C) groups is 1. The molecule has 0 unspecified atom stereocenters. The van der Waals surface area contributed by atoms with E-state index in [4.69, 9.17) is 16.2 Å². The molecule has 13 heavy (non-hydrogen) atoms. The summed E-state index contributed by atoms with van der Waals surface area (Å²) in [5.74, 6) is 0.753. The second kappa shape index (κ2) is 4.45. The summed E-state index contributed by atoms with van der Waals surface area (Å²) in [7, 11) is 0. The molecule has 4 N–H and O–H groups in total. The van der Waals surface area contributed by atoms with Crippen molar-refractivity contribution in [3.05, 3.63) is 0 Å². The van der Waals surface area contributed by atoms with Gasteiger partial charge in [0.2, 0.25) is 0 Å². The van der Waals surface area contributed by atoms with E-state index in [9.17, 15) is 0 Å². The molecule has 0 amide bonds. The molecule has 76 valence electrons. The van der Waals surface area contributed by atoms with E-state index in [0.717, 1.165) is 13.0 Å². The van der Waals surface area contributed by atoms with Crippen LogP contribution in [0, 0.1) is 5.92 Å². The van der Waals surface area contributed by atoms with Crippen molar-refractivity contribution < 1.29 is 4.74 Å². The van der Waals surface area contributed by atoms with Crippen LogP contribution in [0.3, 0.4) is 0 Å². The van der Waals surface area contributed by atoms with Crippen molar-refractivity contribution in [2.45, 2.75) is 31.5 Å². The molecule has 2 bridgehead atoms. The lowest BCUT2D eigenvalue weighted by Gasteiger charge is -2.15. The number of halogens is 1. The maximum Gasteiger partial charge on any atom is 0.185 e. The van der Waals surface area contributed by atoms with Crippen LogP contribution in [-0.4, -0.2) is 24.7 Å². The standard InChI is InChI=1S/C8H15N3O.HI/c9-8(10)11-4-5-3-6-1-2-7(5)12-6;/h5-7H,1-4H2,(H4,9,10,11);1H/t5-,6-,7+;/m1./s1. The highest BCUT2D eigenvalue weighted by molar-refractivity contribution is 14.0. The van der Waals surface area contributed by atoms with Gasteiger partial charge in [-0.25, -0.2) is 0 Å². The van der Waals surface area contributed by atoms with Gasteiger partial charge in [-0.2, -0.15) is 0 Å². The van der Waals surface area contributed by atoms with Gasteiger partial charge in [-0.15, -0.1) is 24.0 Å². The molecule has 0 aromatic carbocycles. The minimum absolute atomic E-state index is 0. The average molecular weight is 297 g/mol.